The van der Waals surface area contributed by atoms with Crippen LogP contribution < -0.4 is 0 Å². The Hall–Kier alpha value is -4.03. The molecular formula is C38H48O13. The van der Waals surface area contributed by atoms with E-state index in [4.69, 9.17) is 28.4 Å². The quantitative estimate of drug-likeness (QED) is 0.213. The lowest BCUT2D eigenvalue weighted by Crippen LogP contribution is -2.80. The first-order valence-corrected chi connectivity index (χ1v) is 17.7. The van der Waals surface area contributed by atoms with E-state index >= 15 is 0 Å². The van der Waals surface area contributed by atoms with Crippen LogP contribution in [-0.4, -0.2) is 78.7 Å². The smallest absolute Gasteiger partial charge is 0.308 e. The van der Waals surface area contributed by atoms with Crippen molar-refractivity contribution in [1.29, 1.82) is 0 Å². The summed E-state index contributed by atoms with van der Waals surface area (Å²) in [6.45, 7) is 14.0. The van der Waals surface area contributed by atoms with Crippen molar-refractivity contribution in [2.75, 3.05) is 6.61 Å². The lowest BCUT2D eigenvalue weighted by atomic mass is 9.29. The van der Waals surface area contributed by atoms with Gasteiger partial charge in [0.25, 0.3) is 0 Å². The molecule has 5 fully saturated rings. The number of fused-ring (bicyclic) bond motifs is 2. The van der Waals surface area contributed by atoms with E-state index in [9.17, 15) is 33.6 Å². The van der Waals surface area contributed by atoms with Gasteiger partial charge in [-0.15, -0.1) is 0 Å². The summed E-state index contributed by atoms with van der Waals surface area (Å²) in [5, 5.41) is 0. The van der Waals surface area contributed by atoms with Crippen molar-refractivity contribution in [3.8, 4) is 0 Å². The molecule has 0 radical (unpaired) electrons. The Balaban J connectivity index is 1.65. The summed E-state index contributed by atoms with van der Waals surface area (Å²) in [7, 11) is 0. The molecule has 0 aromatic carbocycles. The molecule has 2 bridgehead atoms. The molecule has 0 N–H and O–H groups in total. The van der Waals surface area contributed by atoms with Gasteiger partial charge in [-0.3, -0.25) is 33.6 Å². The lowest BCUT2D eigenvalue weighted by molar-refractivity contribution is -0.337. The largest absolute Gasteiger partial charge is 0.465 e. The van der Waals surface area contributed by atoms with Gasteiger partial charge in [0, 0.05) is 73.0 Å². The highest BCUT2D eigenvalue weighted by molar-refractivity contribution is 5.97. The van der Waals surface area contributed by atoms with Gasteiger partial charge in [0.2, 0.25) is 0 Å². The second-order valence-corrected chi connectivity index (χ2v) is 16.5. The summed E-state index contributed by atoms with van der Waals surface area (Å²) in [5.41, 5.74) is -3.61. The van der Waals surface area contributed by atoms with Crippen molar-refractivity contribution >= 4 is 41.6 Å². The molecule has 0 aromatic heterocycles. The molecule has 51 heavy (non-hydrogen) atoms. The van der Waals surface area contributed by atoms with Crippen LogP contribution in [0.15, 0.2) is 23.8 Å². The minimum atomic E-state index is -1.27. The maximum absolute atomic E-state index is 14.1. The molecule has 13 nitrogen and oxygen atoms in total. The minimum Gasteiger partial charge on any atom is -0.465 e. The van der Waals surface area contributed by atoms with E-state index < -0.39 is 118 Å². The molecule has 6 aliphatic carbocycles. The number of ketones is 1. The van der Waals surface area contributed by atoms with Crippen LogP contribution in [-0.2, 0) is 62.0 Å². The van der Waals surface area contributed by atoms with Gasteiger partial charge in [-0.1, -0.05) is 46.3 Å². The average molecular weight is 713 g/mol. The summed E-state index contributed by atoms with van der Waals surface area (Å²) in [6.07, 6.45) is 0.445. The van der Waals surface area contributed by atoms with Gasteiger partial charge in [0.1, 0.15) is 30.5 Å². The van der Waals surface area contributed by atoms with Crippen molar-refractivity contribution in [2.24, 2.45) is 51.2 Å². The molecule has 1 saturated heterocycles. The normalized spacial score (nSPS) is 41.4. The molecule has 278 valence electrons. The Morgan fingerprint density at radius 3 is 1.92 bits per heavy atom. The second-order valence-electron chi connectivity index (χ2n) is 16.5. The van der Waals surface area contributed by atoms with Gasteiger partial charge in [0.15, 0.2) is 5.78 Å². The van der Waals surface area contributed by atoms with E-state index in [1.807, 2.05) is 19.9 Å². The number of cyclic esters (lactones) is 1. The summed E-state index contributed by atoms with van der Waals surface area (Å²) >= 11 is 0. The Morgan fingerprint density at radius 1 is 0.804 bits per heavy atom. The van der Waals surface area contributed by atoms with E-state index in [1.54, 1.807) is 26.8 Å². The number of carbonyl (C=O) groups is 7. The van der Waals surface area contributed by atoms with E-state index in [0.29, 0.717) is 12.0 Å². The second kappa shape index (κ2) is 12.3. The molecule has 0 aromatic rings. The number of ether oxygens (including phenoxy) is 6. The van der Waals surface area contributed by atoms with Crippen molar-refractivity contribution < 1.29 is 62.0 Å². The van der Waals surface area contributed by atoms with Gasteiger partial charge < -0.3 is 28.4 Å². The Kier molecular flexibility index (Phi) is 8.86. The number of hydrogen-bond donors (Lipinski definition) is 0. The molecule has 7 aliphatic rings. The maximum atomic E-state index is 14.1. The highest BCUT2D eigenvalue weighted by Gasteiger charge is 2.84. The topological polar surface area (TPSA) is 175 Å². The zero-order valence-electron chi connectivity index (χ0n) is 30.6. The summed E-state index contributed by atoms with van der Waals surface area (Å²) in [4.78, 5) is 91.6. The van der Waals surface area contributed by atoms with Crippen molar-refractivity contribution in [3.63, 3.8) is 0 Å². The molecule has 0 amide bonds. The summed E-state index contributed by atoms with van der Waals surface area (Å²) in [5.74, 6) is -7.06. The monoisotopic (exact) mass is 712 g/mol. The van der Waals surface area contributed by atoms with E-state index in [2.05, 4.69) is 0 Å². The van der Waals surface area contributed by atoms with Gasteiger partial charge in [-0.05, 0) is 25.0 Å². The summed E-state index contributed by atoms with van der Waals surface area (Å²) < 4.78 is 36.2. The zero-order valence-corrected chi connectivity index (χ0v) is 30.6. The Labute approximate surface area is 297 Å². The molecule has 13 heteroatoms. The van der Waals surface area contributed by atoms with Crippen LogP contribution in [0.5, 0.6) is 0 Å². The predicted octanol–water partition coefficient (Wildman–Crippen LogP) is 3.60. The first-order valence-electron chi connectivity index (χ1n) is 17.7. The van der Waals surface area contributed by atoms with Gasteiger partial charge in [-0.25, -0.2) is 0 Å². The highest BCUT2D eigenvalue weighted by Crippen LogP contribution is 2.80. The standard InChI is InChI=1S/C38H48O13/c1-17(2)34(45)51-33-28(48-19(4)40)30-35(7,8)25(47-18(3)39)10-11-37(30)16-38(33)14-23-13-24(43)27(22-12-26(44)46-15-22)36(23,9)32(50-21(6)42)29(31(37)38)49-20(5)41/h10-11,13,17,22,25,27-33H,12,14-16H2,1-9H3. The van der Waals surface area contributed by atoms with Crippen LogP contribution in [0.2, 0.25) is 0 Å². The van der Waals surface area contributed by atoms with Crippen LogP contribution in [0.1, 0.15) is 81.6 Å². The first-order chi connectivity index (χ1) is 23.7. The number of carbonyl (C=O) groups excluding carboxylic acids is 7. The van der Waals surface area contributed by atoms with Crippen molar-refractivity contribution in [3.05, 3.63) is 23.8 Å². The first kappa shape index (κ1) is 36.8. The zero-order chi connectivity index (χ0) is 37.6. The fourth-order valence-electron chi connectivity index (χ4n) is 11.2. The third-order valence-corrected chi connectivity index (χ3v) is 12.7. The lowest BCUT2D eigenvalue weighted by Gasteiger charge is -2.76. The number of hydrogen-bond acceptors (Lipinski definition) is 13. The number of rotatable bonds is 7. The van der Waals surface area contributed by atoms with E-state index in [0.717, 1.165) is 0 Å². The van der Waals surface area contributed by atoms with Crippen molar-refractivity contribution in [1.82, 2.24) is 0 Å². The van der Waals surface area contributed by atoms with E-state index in [1.165, 1.54) is 33.8 Å². The van der Waals surface area contributed by atoms with Gasteiger partial charge in [-0.2, -0.15) is 0 Å². The number of esters is 6. The van der Waals surface area contributed by atoms with Crippen LogP contribution >= 0.6 is 0 Å². The SMILES string of the molecule is CC(=O)OC1C2C(C)(C)C(OC(C)=O)C=CC23CC2(CC4=CC(=O)C(C5COC(=O)C5)C4(C)C(OC(C)=O)C(OC(C)=O)C32)C1OC(=O)C(C)C. The fourth-order valence-corrected chi connectivity index (χ4v) is 11.2. The Morgan fingerprint density at radius 2 is 1.39 bits per heavy atom. The van der Waals surface area contributed by atoms with Crippen LogP contribution in [0.25, 0.3) is 0 Å². The van der Waals surface area contributed by atoms with Gasteiger partial charge in [0.05, 0.1) is 18.9 Å². The van der Waals surface area contributed by atoms with Crippen LogP contribution in [0.4, 0.5) is 0 Å². The molecular weight excluding hydrogens is 664 g/mol. The molecule has 7 rings (SSSR count). The highest BCUT2D eigenvalue weighted by atomic mass is 16.6. The Bertz CT molecular complexity index is 1640. The van der Waals surface area contributed by atoms with Gasteiger partial charge >= 0.3 is 35.8 Å². The third-order valence-electron chi connectivity index (χ3n) is 12.7. The third kappa shape index (κ3) is 5.43. The van der Waals surface area contributed by atoms with Crippen molar-refractivity contribution in [2.45, 2.75) is 112 Å². The van der Waals surface area contributed by atoms with E-state index in [-0.39, 0.29) is 25.2 Å². The fraction of sp³-hybridized carbons (Fsp3) is 0.711. The summed E-state index contributed by atoms with van der Waals surface area (Å²) in [6, 6.07) is 0. The molecule has 1 aliphatic heterocycles. The average Bonchev–Trinajstić information content (AvgIpc) is 3.50. The number of allylic oxidation sites excluding steroid dienone is 2. The molecule has 4 saturated carbocycles. The van der Waals surface area contributed by atoms with Crippen LogP contribution in [0, 0.1) is 51.2 Å². The molecule has 12 unspecified atom stereocenters. The molecule has 12 atom stereocenters. The predicted molar refractivity (Wildman–Crippen MR) is 175 cm³/mol. The molecule has 1 heterocycles. The van der Waals surface area contributed by atoms with Crippen LogP contribution in [0.3, 0.4) is 0 Å². The maximum Gasteiger partial charge on any atom is 0.308 e. The minimum absolute atomic E-state index is 0.00479. The molecule has 2 spiro atoms.